The topological polar surface area (TPSA) is 51.0 Å². The van der Waals surface area contributed by atoms with Gasteiger partial charge in [-0.25, -0.2) is 0 Å². The molecule has 0 amide bonds. The molecule has 1 aliphatic carbocycles. The summed E-state index contributed by atoms with van der Waals surface area (Å²) in [5.41, 5.74) is 1.67. The molecule has 4 nitrogen and oxygen atoms in total. The average Bonchev–Trinajstić information content (AvgIpc) is 3.04. The lowest BCUT2D eigenvalue weighted by atomic mass is 9.92. The van der Waals surface area contributed by atoms with Crippen molar-refractivity contribution in [1.82, 2.24) is 15.5 Å². The molecule has 1 aromatic heterocycles. The molecule has 1 heterocycles. The summed E-state index contributed by atoms with van der Waals surface area (Å²) in [6, 6.07) is 10.8. The summed E-state index contributed by atoms with van der Waals surface area (Å²) in [5, 5.41) is 7.59. The molecule has 1 N–H and O–H groups in total. The molecule has 0 bridgehead atoms. The first-order valence-electron chi connectivity index (χ1n) is 7.69. The van der Waals surface area contributed by atoms with Crippen LogP contribution in [-0.2, 0) is 13.0 Å². The fourth-order valence-corrected chi connectivity index (χ4v) is 3.05. The van der Waals surface area contributed by atoms with Crippen LogP contribution in [0.15, 0.2) is 34.9 Å². The van der Waals surface area contributed by atoms with E-state index in [1.165, 1.54) is 24.8 Å². The van der Waals surface area contributed by atoms with E-state index in [1.54, 1.807) is 0 Å². The summed E-state index contributed by atoms with van der Waals surface area (Å²) in [6.45, 7) is 5.33. The van der Waals surface area contributed by atoms with Crippen LogP contribution >= 0.6 is 0 Å². The van der Waals surface area contributed by atoms with Crippen LogP contribution < -0.4 is 5.32 Å². The number of nitrogens with one attached hydrogen (secondary N) is 1. The zero-order valence-corrected chi connectivity index (χ0v) is 12.8. The molecule has 3 rings (SSSR count). The predicted molar refractivity (Wildman–Crippen MR) is 81.8 cm³/mol. The SMILES string of the molecule is CC1(C)CCC(NCc2nc(Cc3ccccc3)no2)C1. The Labute approximate surface area is 126 Å². The third-order valence-corrected chi connectivity index (χ3v) is 4.23. The number of aromatic nitrogens is 2. The van der Waals surface area contributed by atoms with Gasteiger partial charge < -0.3 is 9.84 Å². The molecule has 0 spiro atoms. The van der Waals surface area contributed by atoms with Crippen molar-refractivity contribution in [3.63, 3.8) is 0 Å². The van der Waals surface area contributed by atoms with Crippen molar-refractivity contribution in [2.45, 2.75) is 52.1 Å². The molecular weight excluding hydrogens is 262 g/mol. The Hall–Kier alpha value is -1.68. The van der Waals surface area contributed by atoms with Gasteiger partial charge in [-0.05, 0) is 30.2 Å². The number of benzene rings is 1. The van der Waals surface area contributed by atoms with Gasteiger partial charge in [0.1, 0.15) is 0 Å². The Morgan fingerprint density at radius 2 is 2.10 bits per heavy atom. The number of rotatable bonds is 5. The monoisotopic (exact) mass is 285 g/mol. The fraction of sp³-hybridized carbons (Fsp3) is 0.529. The van der Waals surface area contributed by atoms with Gasteiger partial charge >= 0.3 is 0 Å². The molecule has 1 unspecified atom stereocenters. The molecule has 2 aromatic rings. The highest BCUT2D eigenvalue weighted by Gasteiger charge is 2.30. The van der Waals surface area contributed by atoms with Crippen LogP contribution in [0.5, 0.6) is 0 Å². The van der Waals surface area contributed by atoms with Crippen molar-refractivity contribution in [3.8, 4) is 0 Å². The summed E-state index contributed by atoms with van der Waals surface area (Å²) in [4.78, 5) is 4.46. The third-order valence-electron chi connectivity index (χ3n) is 4.23. The standard InChI is InChI=1S/C17H23N3O/c1-17(2)9-8-14(11-17)18-12-16-19-15(20-21-16)10-13-6-4-3-5-7-13/h3-7,14,18H,8-12H2,1-2H3. The maximum absolute atomic E-state index is 5.33. The Kier molecular flexibility index (Phi) is 4.06. The Balaban J connectivity index is 1.51. The second kappa shape index (κ2) is 5.98. The summed E-state index contributed by atoms with van der Waals surface area (Å²) in [5.74, 6) is 1.44. The van der Waals surface area contributed by atoms with Gasteiger partial charge in [0.05, 0.1) is 6.54 Å². The molecule has 4 heteroatoms. The molecule has 1 fully saturated rings. The molecule has 112 valence electrons. The van der Waals surface area contributed by atoms with Crippen LogP contribution in [-0.4, -0.2) is 16.2 Å². The van der Waals surface area contributed by atoms with Crippen LogP contribution in [0, 0.1) is 5.41 Å². The van der Waals surface area contributed by atoms with Gasteiger partial charge in [0.2, 0.25) is 5.89 Å². The first-order valence-corrected chi connectivity index (χ1v) is 7.69. The zero-order chi connectivity index (χ0) is 14.7. The van der Waals surface area contributed by atoms with E-state index < -0.39 is 0 Å². The molecule has 0 saturated heterocycles. The van der Waals surface area contributed by atoms with Crippen LogP contribution in [0.2, 0.25) is 0 Å². The largest absolute Gasteiger partial charge is 0.338 e. The van der Waals surface area contributed by atoms with E-state index in [2.05, 4.69) is 41.4 Å². The molecule has 21 heavy (non-hydrogen) atoms. The van der Waals surface area contributed by atoms with E-state index in [1.807, 2.05) is 18.2 Å². The van der Waals surface area contributed by atoms with Gasteiger partial charge in [-0.1, -0.05) is 49.3 Å². The van der Waals surface area contributed by atoms with E-state index in [4.69, 9.17) is 4.52 Å². The van der Waals surface area contributed by atoms with Crippen molar-refractivity contribution >= 4 is 0 Å². The average molecular weight is 285 g/mol. The van der Waals surface area contributed by atoms with Crippen LogP contribution in [0.3, 0.4) is 0 Å². The Morgan fingerprint density at radius 3 is 2.81 bits per heavy atom. The smallest absolute Gasteiger partial charge is 0.240 e. The third kappa shape index (κ3) is 3.91. The lowest BCUT2D eigenvalue weighted by Crippen LogP contribution is -2.27. The molecule has 0 radical (unpaired) electrons. The number of nitrogens with zero attached hydrogens (tertiary/aromatic N) is 2. The minimum Gasteiger partial charge on any atom is -0.338 e. The van der Waals surface area contributed by atoms with E-state index >= 15 is 0 Å². The van der Waals surface area contributed by atoms with E-state index in [9.17, 15) is 0 Å². The minimum atomic E-state index is 0.463. The summed E-state index contributed by atoms with van der Waals surface area (Å²) >= 11 is 0. The van der Waals surface area contributed by atoms with Crippen molar-refractivity contribution in [2.24, 2.45) is 5.41 Å². The van der Waals surface area contributed by atoms with Gasteiger partial charge in [0.15, 0.2) is 5.82 Å². The fourth-order valence-electron chi connectivity index (χ4n) is 3.05. The normalized spacial score (nSPS) is 20.8. The molecule has 1 aliphatic rings. The molecule has 0 aliphatic heterocycles. The second-order valence-electron chi connectivity index (χ2n) is 6.75. The molecular formula is C17H23N3O. The van der Waals surface area contributed by atoms with Crippen LogP contribution in [0.4, 0.5) is 0 Å². The molecule has 1 saturated carbocycles. The first kappa shape index (κ1) is 14.3. The summed E-state index contributed by atoms with van der Waals surface area (Å²) in [6.07, 6.45) is 4.46. The van der Waals surface area contributed by atoms with Crippen LogP contribution in [0.25, 0.3) is 0 Å². The lowest BCUT2D eigenvalue weighted by molar-refractivity contribution is 0.338. The van der Waals surface area contributed by atoms with Crippen molar-refractivity contribution in [3.05, 3.63) is 47.6 Å². The van der Waals surface area contributed by atoms with Gasteiger partial charge in [-0.15, -0.1) is 0 Å². The van der Waals surface area contributed by atoms with Crippen molar-refractivity contribution in [2.75, 3.05) is 0 Å². The second-order valence-corrected chi connectivity index (χ2v) is 6.75. The zero-order valence-electron chi connectivity index (χ0n) is 12.8. The van der Waals surface area contributed by atoms with Crippen molar-refractivity contribution in [1.29, 1.82) is 0 Å². The molecule has 1 atom stereocenters. The summed E-state index contributed by atoms with van der Waals surface area (Å²) < 4.78 is 5.33. The highest BCUT2D eigenvalue weighted by Crippen LogP contribution is 2.36. The first-order chi connectivity index (χ1) is 10.1. The number of hydrogen-bond donors (Lipinski definition) is 1. The quantitative estimate of drug-likeness (QED) is 0.915. The maximum atomic E-state index is 5.33. The highest BCUT2D eigenvalue weighted by atomic mass is 16.5. The van der Waals surface area contributed by atoms with E-state index in [0.29, 0.717) is 23.9 Å². The lowest BCUT2D eigenvalue weighted by Gasteiger charge is -2.17. The minimum absolute atomic E-state index is 0.463. The predicted octanol–water partition coefficient (Wildman–Crippen LogP) is 3.33. The van der Waals surface area contributed by atoms with Crippen LogP contribution in [0.1, 0.15) is 50.4 Å². The number of hydrogen-bond acceptors (Lipinski definition) is 4. The van der Waals surface area contributed by atoms with Gasteiger partial charge in [-0.3, -0.25) is 0 Å². The van der Waals surface area contributed by atoms with Crippen molar-refractivity contribution < 1.29 is 4.52 Å². The van der Waals surface area contributed by atoms with Gasteiger partial charge in [0, 0.05) is 12.5 Å². The Bertz CT molecular complexity index is 577. The van der Waals surface area contributed by atoms with Gasteiger partial charge in [0.25, 0.3) is 0 Å². The Morgan fingerprint density at radius 1 is 1.29 bits per heavy atom. The highest BCUT2D eigenvalue weighted by molar-refractivity contribution is 5.18. The van der Waals surface area contributed by atoms with E-state index in [0.717, 1.165) is 12.2 Å². The molecule has 1 aromatic carbocycles. The van der Waals surface area contributed by atoms with E-state index in [-0.39, 0.29) is 0 Å². The maximum Gasteiger partial charge on any atom is 0.240 e. The summed E-state index contributed by atoms with van der Waals surface area (Å²) in [7, 11) is 0. The van der Waals surface area contributed by atoms with Gasteiger partial charge in [-0.2, -0.15) is 4.98 Å².